The van der Waals surface area contributed by atoms with Gasteiger partial charge in [-0.3, -0.25) is 4.90 Å². The number of benzene rings is 1. The van der Waals surface area contributed by atoms with Crippen LogP contribution in [0.3, 0.4) is 0 Å². The lowest BCUT2D eigenvalue weighted by Gasteiger charge is -2.36. The number of carbonyl (C=O) groups is 1. The first-order valence-electron chi connectivity index (χ1n) is 7.61. The van der Waals surface area contributed by atoms with Gasteiger partial charge in [0.15, 0.2) is 0 Å². The fraction of sp³-hybridized carbons (Fsp3) is 0.588. The summed E-state index contributed by atoms with van der Waals surface area (Å²) >= 11 is 0. The van der Waals surface area contributed by atoms with Crippen LogP contribution < -0.4 is 0 Å². The van der Waals surface area contributed by atoms with E-state index in [9.17, 15) is 4.79 Å². The summed E-state index contributed by atoms with van der Waals surface area (Å²) in [4.78, 5) is 14.0. The Hall–Kier alpha value is -1.55. The molecular formula is C17H25NO3. The van der Waals surface area contributed by atoms with E-state index in [-0.39, 0.29) is 12.3 Å². The van der Waals surface area contributed by atoms with Gasteiger partial charge in [0.05, 0.1) is 6.61 Å². The van der Waals surface area contributed by atoms with Gasteiger partial charge in [-0.05, 0) is 45.6 Å². The van der Waals surface area contributed by atoms with Crippen LogP contribution in [0.1, 0.15) is 39.2 Å². The zero-order valence-corrected chi connectivity index (χ0v) is 13.2. The molecule has 1 fully saturated rings. The molecule has 1 heterocycles. The van der Waals surface area contributed by atoms with Gasteiger partial charge in [0.1, 0.15) is 11.8 Å². The second-order valence-electron chi connectivity index (χ2n) is 6.38. The molecule has 0 aromatic heterocycles. The van der Waals surface area contributed by atoms with E-state index in [0.717, 1.165) is 19.3 Å². The third-order valence-corrected chi connectivity index (χ3v) is 3.35. The number of hydrogen-bond acceptors (Lipinski definition) is 3. The number of amides is 1. The van der Waals surface area contributed by atoms with Crippen LogP contribution in [0, 0.1) is 0 Å². The standard InChI is InChI=1S/C17H25NO3/c1-17(2,3)21-16(19)18-12-7-13-20-15(18)11-10-14-8-5-4-6-9-14/h4-6,8-9,15H,7,10-13H2,1-3H3. The highest BCUT2D eigenvalue weighted by molar-refractivity contribution is 5.68. The summed E-state index contributed by atoms with van der Waals surface area (Å²) in [5, 5.41) is 0. The highest BCUT2D eigenvalue weighted by Crippen LogP contribution is 2.19. The molecule has 0 N–H and O–H groups in total. The predicted octanol–water partition coefficient (Wildman–Crippen LogP) is 3.60. The largest absolute Gasteiger partial charge is 0.444 e. The van der Waals surface area contributed by atoms with Crippen LogP contribution in [0.15, 0.2) is 30.3 Å². The van der Waals surface area contributed by atoms with Crippen molar-refractivity contribution in [3.8, 4) is 0 Å². The van der Waals surface area contributed by atoms with Crippen LogP contribution in [0.5, 0.6) is 0 Å². The first-order chi connectivity index (χ1) is 9.96. The number of hydrogen-bond donors (Lipinski definition) is 0. The van der Waals surface area contributed by atoms with Gasteiger partial charge in [-0.25, -0.2) is 4.79 Å². The van der Waals surface area contributed by atoms with E-state index in [4.69, 9.17) is 9.47 Å². The Morgan fingerprint density at radius 2 is 2.05 bits per heavy atom. The number of carbonyl (C=O) groups excluding carboxylic acids is 1. The van der Waals surface area contributed by atoms with Gasteiger partial charge in [-0.15, -0.1) is 0 Å². The Morgan fingerprint density at radius 3 is 2.71 bits per heavy atom. The second-order valence-corrected chi connectivity index (χ2v) is 6.38. The van der Waals surface area contributed by atoms with Gasteiger partial charge in [-0.2, -0.15) is 0 Å². The maximum absolute atomic E-state index is 12.3. The van der Waals surface area contributed by atoms with Crippen molar-refractivity contribution in [2.24, 2.45) is 0 Å². The predicted molar refractivity (Wildman–Crippen MR) is 82.1 cm³/mol. The molecule has 1 aromatic carbocycles. The van der Waals surface area contributed by atoms with Crippen molar-refractivity contribution in [2.45, 2.75) is 51.9 Å². The van der Waals surface area contributed by atoms with Crippen molar-refractivity contribution in [1.82, 2.24) is 4.90 Å². The average Bonchev–Trinajstić information content (AvgIpc) is 2.45. The molecule has 1 aliphatic rings. The quantitative estimate of drug-likeness (QED) is 0.854. The Kier molecular flexibility index (Phi) is 5.23. The molecule has 0 saturated carbocycles. The molecule has 0 bridgehead atoms. The molecule has 1 aromatic rings. The lowest BCUT2D eigenvalue weighted by Crippen LogP contribution is -2.48. The number of rotatable bonds is 3. The molecule has 1 unspecified atom stereocenters. The Balaban J connectivity index is 1.94. The molecular weight excluding hydrogens is 266 g/mol. The van der Waals surface area contributed by atoms with E-state index in [2.05, 4.69) is 12.1 Å². The number of nitrogens with zero attached hydrogens (tertiary/aromatic N) is 1. The molecule has 1 atom stereocenters. The zero-order valence-electron chi connectivity index (χ0n) is 13.2. The van der Waals surface area contributed by atoms with Crippen molar-refractivity contribution in [1.29, 1.82) is 0 Å². The molecule has 116 valence electrons. The first kappa shape index (κ1) is 15.8. The lowest BCUT2D eigenvalue weighted by atomic mass is 10.1. The fourth-order valence-corrected chi connectivity index (χ4v) is 2.39. The van der Waals surface area contributed by atoms with E-state index < -0.39 is 5.60 Å². The molecule has 21 heavy (non-hydrogen) atoms. The summed E-state index contributed by atoms with van der Waals surface area (Å²) in [6.07, 6.45) is 2.09. The van der Waals surface area contributed by atoms with Crippen molar-refractivity contribution in [2.75, 3.05) is 13.2 Å². The topological polar surface area (TPSA) is 38.8 Å². The van der Waals surface area contributed by atoms with Crippen molar-refractivity contribution in [3.05, 3.63) is 35.9 Å². The minimum absolute atomic E-state index is 0.186. The van der Waals surface area contributed by atoms with Crippen LogP contribution in [-0.2, 0) is 15.9 Å². The minimum atomic E-state index is -0.474. The summed E-state index contributed by atoms with van der Waals surface area (Å²) in [6.45, 7) is 7.06. The molecule has 1 aliphatic heterocycles. The first-order valence-corrected chi connectivity index (χ1v) is 7.61. The molecule has 0 aliphatic carbocycles. The summed E-state index contributed by atoms with van der Waals surface area (Å²) < 4.78 is 11.2. The van der Waals surface area contributed by atoms with Crippen LogP contribution >= 0.6 is 0 Å². The normalized spacial score (nSPS) is 19.4. The summed E-state index contributed by atoms with van der Waals surface area (Å²) in [7, 11) is 0. The smallest absolute Gasteiger partial charge is 0.412 e. The Morgan fingerprint density at radius 1 is 1.33 bits per heavy atom. The lowest BCUT2D eigenvalue weighted by molar-refractivity contribution is -0.0982. The Labute approximate surface area is 127 Å². The minimum Gasteiger partial charge on any atom is -0.444 e. The summed E-state index contributed by atoms with van der Waals surface area (Å²) in [5.74, 6) is 0. The van der Waals surface area contributed by atoms with E-state index in [0.29, 0.717) is 13.2 Å². The second kappa shape index (κ2) is 6.94. The van der Waals surface area contributed by atoms with Crippen molar-refractivity contribution >= 4 is 6.09 Å². The molecule has 4 heteroatoms. The van der Waals surface area contributed by atoms with Crippen molar-refractivity contribution in [3.63, 3.8) is 0 Å². The van der Waals surface area contributed by atoms with E-state index in [1.807, 2.05) is 39.0 Å². The number of aryl methyl sites for hydroxylation is 1. The molecule has 2 rings (SSSR count). The highest BCUT2D eigenvalue weighted by atomic mass is 16.6. The van der Waals surface area contributed by atoms with Gasteiger partial charge in [0.2, 0.25) is 0 Å². The van der Waals surface area contributed by atoms with Gasteiger partial charge in [-0.1, -0.05) is 30.3 Å². The fourth-order valence-electron chi connectivity index (χ4n) is 2.39. The van der Waals surface area contributed by atoms with E-state index in [1.165, 1.54) is 5.56 Å². The third-order valence-electron chi connectivity index (χ3n) is 3.35. The van der Waals surface area contributed by atoms with Gasteiger partial charge in [0, 0.05) is 6.54 Å². The molecule has 0 radical (unpaired) electrons. The van der Waals surface area contributed by atoms with Crippen molar-refractivity contribution < 1.29 is 14.3 Å². The van der Waals surface area contributed by atoms with Gasteiger partial charge in [0.25, 0.3) is 0 Å². The highest BCUT2D eigenvalue weighted by Gasteiger charge is 2.30. The SMILES string of the molecule is CC(C)(C)OC(=O)N1CCCOC1CCc1ccccc1. The Bertz CT molecular complexity index is 453. The average molecular weight is 291 g/mol. The van der Waals surface area contributed by atoms with Gasteiger partial charge >= 0.3 is 6.09 Å². The molecule has 1 amide bonds. The molecule has 1 saturated heterocycles. The van der Waals surface area contributed by atoms with Crippen LogP contribution in [0.25, 0.3) is 0 Å². The van der Waals surface area contributed by atoms with Crippen LogP contribution in [0.2, 0.25) is 0 Å². The maximum atomic E-state index is 12.3. The third kappa shape index (κ3) is 5.05. The zero-order chi connectivity index (χ0) is 15.3. The molecule has 0 spiro atoms. The van der Waals surface area contributed by atoms with E-state index >= 15 is 0 Å². The number of ether oxygens (including phenoxy) is 2. The van der Waals surface area contributed by atoms with Gasteiger partial charge < -0.3 is 9.47 Å². The van der Waals surface area contributed by atoms with E-state index in [1.54, 1.807) is 4.90 Å². The monoisotopic (exact) mass is 291 g/mol. The maximum Gasteiger partial charge on any atom is 0.412 e. The van der Waals surface area contributed by atoms with Crippen LogP contribution in [-0.4, -0.2) is 36.0 Å². The summed E-state index contributed by atoms with van der Waals surface area (Å²) in [6, 6.07) is 10.3. The van der Waals surface area contributed by atoms with Crippen LogP contribution in [0.4, 0.5) is 4.79 Å². The summed E-state index contributed by atoms with van der Waals surface area (Å²) in [5.41, 5.74) is 0.786. The molecule has 4 nitrogen and oxygen atoms in total.